The maximum atomic E-state index is 13.1. The van der Waals surface area contributed by atoms with Gasteiger partial charge in [-0.3, -0.25) is 4.68 Å². The summed E-state index contributed by atoms with van der Waals surface area (Å²) in [4.78, 5) is 0. The van der Waals surface area contributed by atoms with Gasteiger partial charge in [-0.1, -0.05) is 17.3 Å². The first-order chi connectivity index (χ1) is 10.4. The van der Waals surface area contributed by atoms with E-state index < -0.39 is 11.9 Å². The highest BCUT2D eigenvalue weighted by Crippen LogP contribution is 2.29. The van der Waals surface area contributed by atoms with Crippen LogP contribution >= 0.6 is 0 Å². The van der Waals surface area contributed by atoms with Gasteiger partial charge >= 0.3 is 6.18 Å². The molecule has 3 rings (SSSR count). The van der Waals surface area contributed by atoms with E-state index in [0.29, 0.717) is 11.4 Å². The summed E-state index contributed by atoms with van der Waals surface area (Å²) in [5, 5.41) is 11.6. The highest BCUT2D eigenvalue weighted by atomic mass is 19.4. The summed E-state index contributed by atoms with van der Waals surface area (Å²) in [6, 6.07) is 6.53. The molecule has 3 aromatic rings. The summed E-state index contributed by atoms with van der Waals surface area (Å²) in [7, 11) is 3.13. The van der Waals surface area contributed by atoms with Crippen LogP contribution < -0.4 is 5.46 Å². The predicted molar refractivity (Wildman–Crippen MR) is 76.7 cm³/mol. The lowest BCUT2D eigenvalue weighted by Crippen LogP contribution is -2.22. The second kappa shape index (κ2) is 5.01. The van der Waals surface area contributed by atoms with Gasteiger partial charge in [0.2, 0.25) is 0 Å². The topological polar surface area (TPSA) is 48.5 Å². The van der Waals surface area contributed by atoms with E-state index in [9.17, 15) is 13.2 Å². The van der Waals surface area contributed by atoms with Crippen molar-refractivity contribution in [3.8, 4) is 16.9 Å². The first kappa shape index (κ1) is 14.4. The second-order valence-corrected chi connectivity index (χ2v) is 4.91. The Hall–Kier alpha value is -2.58. The van der Waals surface area contributed by atoms with Gasteiger partial charge in [0.15, 0.2) is 0 Å². The molecular formula is C13H11BF3N5. The number of hydrogen-bond donors (Lipinski definition) is 0. The highest BCUT2D eigenvalue weighted by Gasteiger charge is 2.37. The number of halogens is 3. The summed E-state index contributed by atoms with van der Waals surface area (Å²) in [5.74, 6) is 0. The first-order valence-corrected chi connectivity index (χ1v) is 6.45. The fourth-order valence-corrected chi connectivity index (χ4v) is 2.22. The van der Waals surface area contributed by atoms with Gasteiger partial charge in [-0.2, -0.15) is 18.3 Å². The van der Waals surface area contributed by atoms with Crippen molar-refractivity contribution in [2.45, 2.75) is 6.18 Å². The lowest BCUT2D eigenvalue weighted by molar-refractivity contribution is -0.141. The lowest BCUT2D eigenvalue weighted by atomic mass is 9.96. The van der Waals surface area contributed by atoms with Gasteiger partial charge in [-0.05, 0) is 17.6 Å². The molecule has 112 valence electrons. The van der Waals surface area contributed by atoms with Gasteiger partial charge in [-0.25, -0.2) is 4.68 Å². The summed E-state index contributed by atoms with van der Waals surface area (Å²) in [6.45, 7) is 0. The molecular weight excluding hydrogens is 294 g/mol. The van der Waals surface area contributed by atoms with Crippen LogP contribution in [-0.4, -0.2) is 32.6 Å². The van der Waals surface area contributed by atoms with Gasteiger partial charge in [0.25, 0.3) is 0 Å². The minimum absolute atomic E-state index is 0.0884. The van der Waals surface area contributed by atoms with E-state index in [1.165, 1.54) is 14.0 Å². The molecule has 2 heterocycles. The Balaban J connectivity index is 2.01. The zero-order chi connectivity index (χ0) is 15.9. The van der Waals surface area contributed by atoms with Crippen LogP contribution in [0.15, 0.2) is 36.7 Å². The minimum atomic E-state index is -4.45. The van der Waals surface area contributed by atoms with E-state index in [-0.39, 0.29) is 5.46 Å². The fraction of sp³-hybridized carbons (Fsp3) is 0.154. The molecule has 0 aliphatic rings. The molecule has 0 atom stereocenters. The molecule has 0 saturated carbocycles. The average molecular weight is 305 g/mol. The number of aryl methyl sites for hydroxylation is 1. The highest BCUT2D eigenvalue weighted by molar-refractivity contribution is 6.33. The maximum absolute atomic E-state index is 13.1. The molecule has 0 bridgehead atoms. The molecule has 9 heteroatoms. The third-order valence-electron chi connectivity index (χ3n) is 3.23. The van der Waals surface area contributed by atoms with Crippen LogP contribution in [0, 0.1) is 0 Å². The average Bonchev–Trinajstić information content (AvgIpc) is 3.04. The van der Waals surface area contributed by atoms with Crippen LogP contribution in [0.5, 0.6) is 0 Å². The molecule has 22 heavy (non-hydrogen) atoms. The van der Waals surface area contributed by atoms with Crippen molar-refractivity contribution in [1.29, 1.82) is 0 Å². The third-order valence-corrected chi connectivity index (χ3v) is 3.23. The summed E-state index contributed by atoms with van der Waals surface area (Å²) in [5.41, 5.74) is 1.09. The van der Waals surface area contributed by atoms with Crippen LogP contribution in [0.2, 0.25) is 0 Å². The Kier molecular flexibility index (Phi) is 3.27. The van der Waals surface area contributed by atoms with Crippen molar-refractivity contribution in [3.05, 3.63) is 42.4 Å². The molecule has 5 nitrogen and oxygen atoms in total. The van der Waals surface area contributed by atoms with Gasteiger partial charge in [0, 0.05) is 18.8 Å². The van der Waals surface area contributed by atoms with E-state index in [2.05, 4.69) is 15.4 Å². The van der Waals surface area contributed by atoms with Crippen LogP contribution in [-0.2, 0) is 13.2 Å². The second-order valence-electron chi connectivity index (χ2n) is 4.91. The van der Waals surface area contributed by atoms with E-state index in [0.717, 1.165) is 10.2 Å². The Morgan fingerprint density at radius 3 is 2.36 bits per heavy atom. The third kappa shape index (κ3) is 2.49. The van der Waals surface area contributed by atoms with Crippen LogP contribution in [0.1, 0.15) is 5.69 Å². The van der Waals surface area contributed by atoms with Crippen molar-refractivity contribution in [2.24, 2.45) is 7.05 Å². The minimum Gasteiger partial charge on any atom is -0.255 e. The molecule has 0 radical (unpaired) electrons. The van der Waals surface area contributed by atoms with Crippen molar-refractivity contribution in [1.82, 2.24) is 24.8 Å². The Morgan fingerprint density at radius 2 is 1.82 bits per heavy atom. The van der Waals surface area contributed by atoms with Crippen molar-refractivity contribution < 1.29 is 13.2 Å². The first-order valence-electron chi connectivity index (χ1n) is 6.45. The Morgan fingerprint density at radius 1 is 1.14 bits per heavy atom. The molecule has 0 amide bonds. The number of alkyl halides is 3. The SMILES string of the molecule is Bc1cnn(-c2ccc(-c3cn(C)nn3)cc2)c1C(F)(F)F. The Bertz CT molecular complexity index is 804. The molecule has 0 saturated heterocycles. The summed E-state index contributed by atoms with van der Waals surface area (Å²) < 4.78 is 41.7. The lowest BCUT2D eigenvalue weighted by Gasteiger charge is -2.12. The number of hydrogen-bond acceptors (Lipinski definition) is 3. The molecule has 0 spiro atoms. The van der Waals surface area contributed by atoms with E-state index in [1.54, 1.807) is 42.2 Å². The molecule has 0 fully saturated rings. The van der Waals surface area contributed by atoms with Crippen LogP contribution in [0.4, 0.5) is 13.2 Å². The molecule has 1 aromatic carbocycles. The number of aromatic nitrogens is 5. The van der Waals surface area contributed by atoms with Crippen molar-refractivity contribution in [3.63, 3.8) is 0 Å². The number of benzene rings is 1. The van der Waals surface area contributed by atoms with Gasteiger partial charge in [-0.15, -0.1) is 5.10 Å². The largest absolute Gasteiger partial charge is 0.432 e. The van der Waals surface area contributed by atoms with Crippen molar-refractivity contribution >= 4 is 13.3 Å². The standard InChI is InChI=1S/C13H11BF3N5/c1-21-7-11(19-20-21)8-2-4-9(5-3-8)22-12(13(15,16)17)10(14)6-18-22/h2-7H,14H2,1H3. The van der Waals surface area contributed by atoms with Crippen LogP contribution in [0.3, 0.4) is 0 Å². The normalized spacial score (nSPS) is 11.8. The van der Waals surface area contributed by atoms with Gasteiger partial charge in [0.05, 0.1) is 11.9 Å². The Labute approximate surface area is 124 Å². The molecule has 2 aromatic heterocycles. The van der Waals surface area contributed by atoms with E-state index in [1.807, 2.05) is 0 Å². The quantitative estimate of drug-likeness (QED) is 0.662. The molecule has 0 aliphatic carbocycles. The molecule has 0 unspecified atom stereocenters. The fourth-order valence-electron chi connectivity index (χ4n) is 2.22. The summed E-state index contributed by atoms with van der Waals surface area (Å²) in [6.07, 6.45) is -1.52. The maximum Gasteiger partial charge on any atom is 0.432 e. The monoisotopic (exact) mass is 305 g/mol. The summed E-state index contributed by atoms with van der Waals surface area (Å²) >= 11 is 0. The van der Waals surface area contributed by atoms with Crippen molar-refractivity contribution in [2.75, 3.05) is 0 Å². The zero-order valence-electron chi connectivity index (χ0n) is 11.8. The van der Waals surface area contributed by atoms with Gasteiger partial charge < -0.3 is 0 Å². The molecule has 0 N–H and O–H groups in total. The molecule has 0 aliphatic heterocycles. The number of rotatable bonds is 2. The van der Waals surface area contributed by atoms with E-state index >= 15 is 0 Å². The number of nitrogens with zero attached hydrogens (tertiary/aromatic N) is 5. The predicted octanol–water partition coefficient (Wildman–Crippen LogP) is 0.945. The smallest absolute Gasteiger partial charge is 0.255 e. The van der Waals surface area contributed by atoms with Gasteiger partial charge in [0.1, 0.15) is 19.2 Å². The van der Waals surface area contributed by atoms with Crippen LogP contribution in [0.25, 0.3) is 16.9 Å². The van der Waals surface area contributed by atoms with E-state index in [4.69, 9.17) is 0 Å². The zero-order valence-corrected chi connectivity index (χ0v) is 11.8.